The van der Waals surface area contributed by atoms with E-state index in [0.717, 1.165) is 22.6 Å². The third-order valence-electron chi connectivity index (χ3n) is 5.06. The van der Waals surface area contributed by atoms with Gasteiger partial charge in [-0.3, -0.25) is 9.59 Å². The quantitative estimate of drug-likeness (QED) is 0.554. The van der Waals surface area contributed by atoms with Gasteiger partial charge in [0.1, 0.15) is 18.1 Å². The SMILES string of the molecule is CC(=O)N(CC(=O)O)C(C)c1ccc(OCCc2nc(-c3ccccc3)oc2C)cc1. The minimum Gasteiger partial charge on any atom is -0.493 e. The van der Waals surface area contributed by atoms with Crippen LogP contribution in [0.2, 0.25) is 0 Å². The predicted molar refractivity (Wildman–Crippen MR) is 116 cm³/mol. The summed E-state index contributed by atoms with van der Waals surface area (Å²) in [6.45, 7) is 5.17. The Balaban J connectivity index is 1.58. The molecular weight excluding hydrogens is 396 g/mol. The van der Waals surface area contributed by atoms with Crippen LogP contribution in [0.1, 0.15) is 36.9 Å². The second-order valence-corrected chi connectivity index (χ2v) is 7.27. The summed E-state index contributed by atoms with van der Waals surface area (Å²) in [6, 6.07) is 16.7. The molecule has 31 heavy (non-hydrogen) atoms. The van der Waals surface area contributed by atoms with Crippen LogP contribution in [-0.2, 0) is 16.0 Å². The van der Waals surface area contributed by atoms with Gasteiger partial charge in [-0.05, 0) is 43.7 Å². The Morgan fingerprint density at radius 1 is 1.13 bits per heavy atom. The van der Waals surface area contributed by atoms with E-state index in [4.69, 9.17) is 14.3 Å². The number of carbonyl (C=O) groups is 2. The smallest absolute Gasteiger partial charge is 0.323 e. The van der Waals surface area contributed by atoms with Crippen molar-refractivity contribution in [3.05, 3.63) is 71.6 Å². The molecule has 2 aromatic carbocycles. The van der Waals surface area contributed by atoms with Crippen LogP contribution in [0, 0.1) is 6.92 Å². The molecule has 1 heterocycles. The Hall–Kier alpha value is -3.61. The number of nitrogens with zero attached hydrogens (tertiary/aromatic N) is 2. The van der Waals surface area contributed by atoms with E-state index in [2.05, 4.69) is 4.98 Å². The summed E-state index contributed by atoms with van der Waals surface area (Å²) in [4.78, 5) is 28.7. The van der Waals surface area contributed by atoms with Gasteiger partial charge in [0.25, 0.3) is 0 Å². The van der Waals surface area contributed by atoms with Gasteiger partial charge in [0.2, 0.25) is 11.8 Å². The number of benzene rings is 2. The topological polar surface area (TPSA) is 92.9 Å². The van der Waals surface area contributed by atoms with Gasteiger partial charge in [0, 0.05) is 18.9 Å². The number of ether oxygens (including phenoxy) is 1. The number of carboxylic acid groups (broad SMARTS) is 1. The van der Waals surface area contributed by atoms with E-state index < -0.39 is 5.97 Å². The Bertz CT molecular complexity index is 1030. The molecule has 7 heteroatoms. The lowest BCUT2D eigenvalue weighted by Crippen LogP contribution is -2.36. The highest BCUT2D eigenvalue weighted by atomic mass is 16.5. The molecule has 0 bridgehead atoms. The van der Waals surface area contributed by atoms with Gasteiger partial charge in [-0.15, -0.1) is 0 Å². The van der Waals surface area contributed by atoms with Gasteiger partial charge < -0.3 is 19.2 Å². The first-order chi connectivity index (χ1) is 14.8. The maximum absolute atomic E-state index is 11.8. The van der Waals surface area contributed by atoms with Crippen molar-refractivity contribution in [3.8, 4) is 17.2 Å². The molecule has 0 aliphatic rings. The minimum atomic E-state index is -1.04. The fourth-order valence-electron chi connectivity index (χ4n) is 3.32. The van der Waals surface area contributed by atoms with Crippen molar-refractivity contribution < 1.29 is 23.8 Å². The number of hydrogen-bond acceptors (Lipinski definition) is 5. The van der Waals surface area contributed by atoms with E-state index >= 15 is 0 Å². The van der Waals surface area contributed by atoms with Gasteiger partial charge in [0.05, 0.1) is 18.3 Å². The number of carboxylic acids is 1. The Morgan fingerprint density at radius 2 is 1.81 bits per heavy atom. The largest absolute Gasteiger partial charge is 0.493 e. The van der Waals surface area contributed by atoms with Gasteiger partial charge in [-0.25, -0.2) is 4.98 Å². The first-order valence-corrected chi connectivity index (χ1v) is 10.1. The molecular formula is C24H26N2O5. The molecule has 1 amide bonds. The van der Waals surface area contributed by atoms with Crippen molar-refractivity contribution in [2.75, 3.05) is 13.2 Å². The zero-order chi connectivity index (χ0) is 22.4. The van der Waals surface area contributed by atoms with E-state index in [-0.39, 0.29) is 18.5 Å². The number of aryl methyl sites for hydroxylation is 1. The summed E-state index contributed by atoms with van der Waals surface area (Å²) in [7, 11) is 0. The van der Waals surface area contributed by atoms with Crippen LogP contribution in [0.15, 0.2) is 59.0 Å². The molecule has 1 atom stereocenters. The number of hydrogen-bond donors (Lipinski definition) is 1. The first kappa shape index (κ1) is 22.1. The molecule has 1 N–H and O–H groups in total. The molecule has 0 spiro atoms. The van der Waals surface area contributed by atoms with Crippen LogP contribution in [0.4, 0.5) is 0 Å². The van der Waals surface area contributed by atoms with Crippen LogP contribution in [-0.4, -0.2) is 40.0 Å². The van der Waals surface area contributed by atoms with Crippen LogP contribution >= 0.6 is 0 Å². The van der Waals surface area contributed by atoms with Crippen LogP contribution in [0.3, 0.4) is 0 Å². The van der Waals surface area contributed by atoms with Crippen LogP contribution in [0.5, 0.6) is 5.75 Å². The Morgan fingerprint density at radius 3 is 2.42 bits per heavy atom. The second-order valence-electron chi connectivity index (χ2n) is 7.27. The standard InChI is InChI=1S/C24H26N2O5/c1-16(26(18(3)27)15-23(28)29)19-9-11-21(12-10-19)30-14-13-22-17(2)31-24(25-22)20-7-5-4-6-8-20/h4-12,16H,13-15H2,1-3H3,(H,28,29). The maximum atomic E-state index is 11.8. The maximum Gasteiger partial charge on any atom is 0.323 e. The zero-order valence-electron chi connectivity index (χ0n) is 17.9. The number of amides is 1. The van der Waals surface area contributed by atoms with E-state index in [1.54, 1.807) is 6.92 Å². The lowest BCUT2D eigenvalue weighted by Gasteiger charge is -2.27. The number of rotatable bonds is 9. The minimum absolute atomic E-state index is 0.284. The zero-order valence-corrected chi connectivity index (χ0v) is 17.9. The van der Waals surface area contributed by atoms with Crippen molar-refractivity contribution in [2.24, 2.45) is 0 Å². The van der Waals surface area contributed by atoms with E-state index in [1.807, 2.05) is 61.5 Å². The molecule has 0 radical (unpaired) electrons. The Kier molecular flexibility index (Phi) is 7.07. The summed E-state index contributed by atoms with van der Waals surface area (Å²) in [6.07, 6.45) is 0.608. The molecule has 162 valence electrons. The normalized spacial score (nSPS) is 11.7. The first-order valence-electron chi connectivity index (χ1n) is 10.1. The lowest BCUT2D eigenvalue weighted by molar-refractivity contribution is -0.145. The molecule has 0 fully saturated rings. The van der Waals surface area contributed by atoms with Crippen LogP contribution < -0.4 is 4.74 Å². The van der Waals surface area contributed by atoms with Crippen molar-refractivity contribution in [1.29, 1.82) is 0 Å². The highest BCUT2D eigenvalue weighted by Crippen LogP contribution is 2.24. The van der Waals surface area contributed by atoms with Gasteiger partial charge in [-0.1, -0.05) is 30.3 Å². The third-order valence-corrected chi connectivity index (χ3v) is 5.06. The number of carbonyl (C=O) groups excluding carboxylic acids is 1. The number of aromatic nitrogens is 1. The molecule has 1 aromatic heterocycles. The van der Waals surface area contributed by atoms with Crippen molar-refractivity contribution in [3.63, 3.8) is 0 Å². The third kappa shape index (κ3) is 5.72. The van der Waals surface area contributed by atoms with E-state index in [0.29, 0.717) is 24.7 Å². The molecule has 7 nitrogen and oxygen atoms in total. The summed E-state index contributed by atoms with van der Waals surface area (Å²) < 4.78 is 11.6. The van der Waals surface area contributed by atoms with Crippen LogP contribution in [0.25, 0.3) is 11.5 Å². The average molecular weight is 422 g/mol. The fraction of sp³-hybridized carbons (Fsp3) is 0.292. The molecule has 3 rings (SSSR count). The molecule has 3 aromatic rings. The van der Waals surface area contributed by atoms with Crippen molar-refractivity contribution >= 4 is 11.9 Å². The molecule has 0 saturated carbocycles. The van der Waals surface area contributed by atoms with Gasteiger partial charge >= 0.3 is 5.97 Å². The van der Waals surface area contributed by atoms with Gasteiger partial charge in [-0.2, -0.15) is 0 Å². The summed E-state index contributed by atoms with van der Waals surface area (Å²) in [5, 5.41) is 9.02. The number of aliphatic carboxylic acids is 1. The highest BCUT2D eigenvalue weighted by Gasteiger charge is 2.21. The second kappa shape index (κ2) is 9.93. The summed E-state index contributed by atoms with van der Waals surface area (Å²) >= 11 is 0. The predicted octanol–water partition coefficient (Wildman–Crippen LogP) is 4.27. The average Bonchev–Trinajstić information content (AvgIpc) is 3.13. The summed E-state index contributed by atoms with van der Waals surface area (Å²) in [5.41, 5.74) is 2.63. The van der Waals surface area contributed by atoms with E-state index in [9.17, 15) is 9.59 Å². The van der Waals surface area contributed by atoms with E-state index in [1.165, 1.54) is 11.8 Å². The fourth-order valence-corrected chi connectivity index (χ4v) is 3.32. The molecule has 0 aliphatic heterocycles. The highest BCUT2D eigenvalue weighted by molar-refractivity contribution is 5.80. The van der Waals surface area contributed by atoms with Crippen molar-refractivity contribution in [2.45, 2.75) is 33.2 Å². The lowest BCUT2D eigenvalue weighted by atomic mass is 10.1. The van der Waals surface area contributed by atoms with Gasteiger partial charge in [0.15, 0.2) is 0 Å². The summed E-state index contributed by atoms with van der Waals surface area (Å²) in [5.74, 6) is 0.735. The molecule has 0 saturated heterocycles. The number of oxazole rings is 1. The van der Waals surface area contributed by atoms with Crippen molar-refractivity contribution in [1.82, 2.24) is 9.88 Å². The molecule has 1 unspecified atom stereocenters. The monoisotopic (exact) mass is 422 g/mol. The molecule has 0 aliphatic carbocycles. The Labute approximate surface area is 181 Å².